The smallest absolute Gasteiger partial charge is 0.331 e. The lowest BCUT2D eigenvalue weighted by atomic mass is 10.0. The zero-order chi connectivity index (χ0) is 16.1. The van der Waals surface area contributed by atoms with Gasteiger partial charge >= 0.3 is 5.97 Å². The van der Waals surface area contributed by atoms with Gasteiger partial charge in [-0.3, -0.25) is 4.79 Å². The van der Waals surface area contributed by atoms with E-state index < -0.39 is 5.97 Å². The van der Waals surface area contributed by atoms with E-state index in [1.54, 1.807) is 24.3 Å². The highest BCUT2D eigenvalue weighted by Crippen LogP contribution is 2.16. The first-order valence-electron chi connectivity index (χ1n) is 7.13. The molecule has 0 bridgehead atoms. The number of esters is 1. The summed E-state index contributed by atoms with van der Waals surface area (Å²) in [5.74, 6) is -0.283. The molecule has 3 rings (SSSR count). The Morgan fingerprint density at radius 1 is 1.00 bits per heavy atom. The van der Waals surface area contributed by atoms with Crippen molar-refractivity contribution in [3.8, 4) is 0 Å². The molecule has 0 saturated carbocycles. The van der Waals surface area contributed by atoms with Crippen LogP contribution in [0.15, 0.2) is 71.4 Å². The van der Waals surface area contributed by atoms with Gasteiger partial charge in [-0.15, -0.1) is 0 Å². The molecule has 0 aliphatic rings. The zero-order valence-electron chi connectivity index (χ0n) is 12.3. The first-order valence-corrected chi connectivity index (χ1v) is 7.13. The van der Waals surface area contributed by atoms with Gasteiger partial charge in [0.05, 0.1) is 6.26 Å². The Balaban J connectivity index is 1.60. The maximum Gasteiger partial charge on any atom is 0.331 e. The Bertz CT molecular complexity index is 860. The number of Topliss-reactive ketones (excluding diaryl/α,β-unsaturated/α-hetero) is 1. The molecular weight excluding hydrogens is 292 g/mol. The molecule has 0 unspecified atom stereocenters. The Labute approximate surface area is 133 Å². The minimum absolute atomic E-state index is 0.240. The number of fused-ring (bicyclic) bond motifs is 1. The number of benzene rings is 2. The van der Waals surface area contributed by atoms with Gasteiger partial charge in [-0.25, -0.2) is 4.79 Å². The molecule has 0 fully saturated rings. The number of hydrogen-bond acceptors (Lipinski definition) is 4. The van der Waals surface area contributed by atoms with E-state index in [-0.39, 0.29) is 12.4 Å². The number of hydrogen-bond donors (Lipinski definition) is 0. The number of ether oxygens (including phenoxy) is 1. The summed E-state index contributed by atoms with van der Waals surface area (Å²) in [7, 11) is 0. The predicted octanol–water partition coefficient (Wildman–Crippen LogP) is 3.87. The molecule has 2 aromatic carbocycles. The maximum atomic E-state index is 12.1. The second-order valence-electron chi connectivity index (χ2n) is 4.94. The summed E-state index contributed by atoms with van der Waals surface area (Å²) in [6.07, 6.45) is 4.23. The van der Waals surface area contributed by atoms with Gasteiger partial charge in [0.1, 0.15) is 5.76 Å². The highest BCUT2D eigenvalue weighted by molar-refractivity contribution is 6.01. The van der Waals surface area contributed by atoms with Crippen LogP contribution in [0.25, 0.3) is 16.8 Å². The summed E-state index contributed by atoms with van der Waals surface area (Å²) in [5.41, 5.74) is 0.520. The maximum absolute atomic E-state index is 12.1. The van der Waals surface area contributed by atoms with Crippen LogP contribution in [0.4, 0.5) is 0 Å². The predicted molar refractivity (Wildman–Crippen MR) is 87.0 cm³/mol. The largest absolute Gasteiger partial charge is 0.465 e. The van der Waals surface area contributed by atoms with Crippen molar-refractivity contribution in [3.05, 3.63) is 78.3 Å². The normalized spacial score (nSPS) is 11.0. The van der Waals surface area contributed by atoms with Crippen LogP contribution in [-0.4, -0.2) is 18.4 Å². The highest BCUT2D eigenvalue weighted by atomic mass is 16.5. The third-order valence-corrected chi connectivity index (χ3v) is 3.34. The van der Waals surface area contributed by atoms with Crippen molar-refractivity contribution < 1.29 is 18.7 Å². The van der Waals surface area contributed by atoms with Crippen molar-refractivity contribution in [2.45, 2.75) is 0 Å². The van der Waals surface area contributed by atoms with Crippen molar-refractivity contribution in [3.63, 3.8) is 0 Å². The fourth-order valence-electron chi connectivity index (χ4n) is 2.17. The second-order valence-corrected chi connectivity index (χ2v) is 4.94. The fourth-order valence-corrected chi connectivity index (χ4v) is 2.17. The van der Waals surface area contributed by atoms with Gasteiger partial charge < -0.3 is 9.15 Å². The lowest BCUT2D eigenvalue weighted by Gasteiger charge is -2.04. The van der Waals surface area contributed by atoms with E-state index in [1.165, 1.54) is 18.4 Å². The van der Waals surface area contributed by atoms with Crippen molar-refractivity contribution in [2.24, 2.45) is 0 Å². The monoisotopic (exact) mass is 306 g/mol. The molecular formula is C19H14O4. The summed E-state index contributed by atoms with van der Waals surface area (Å²) in [5, 5.41) is 2.03. The van der Waals surface area contributed by atoms with E-state index >= 15 is 0 Å². The molecule has 0 atom stereocenters. The van der Waals surface area contributed by atoms with E-state index in [4.69, 9.17) is 9.15 Å². The van der Waals surface area contributed by atoms with Crippen LogP contribution in [-0.2, 0) is 9.53 Å². The molecule has 4 heteroatoms. The number of ketones is 1. The first-order chi connectivity index (χ1) is 11.2. The molecule has 0 radical (unpaired) electrons. The van der Waals surface area contributed by atoms with Gasteiger partial charge in [0.15, 0.2) is 12.4 Å². The molecule has 0 amide bonds. The van der Waals surface area contributed by atoms with Gasteiger partial charge in [0, 0.05) is 11.6 Å². The van der Waals surface area contributed by atoms with E-state index in [1.807, 2.05) is 30.3 Å². The molecule has 1 heterocycles. The van der Waals surface area contributed by atoms with Crippen molar-refractivity contribution in [1.29, 1.82) is 0 Å². The minimum atomic E-state index is -0.587. The van der Waals surface area contributed by atoms with E-state index in [2.05, 4.69) is 0 Å². The lowest BCUT2D eigenvalue weighted by molar-refractivity contribution is -0.136. The van der Waals surface area contributed by atoms with Crippen molar-refractivity contribution in [2.75, 3.05) is 6.61 Å². The van der Waals surface area contributed by atoms with Crippen LogP contribution in [0, 0.1) is 0 Å². The van der Waals surface area contributed by atoms with Crippen LogP contribution in [0.5, 0.6) is 0 Å². The molecule has 0 aliphatic heterocycles. The van der Waals surface area contributed by atoms with Crippen LogP contribution < -0.4 is 0 Å². The average molecular weight is 306 g/mol. The topological polar surface area (TPSA) is 56.5 Å². The van der Waals surface area contributed by atoms with Gasteiger partial charge in [-0.2, -0.15) is 0 Å². The summed E-state index contributed by atoms with van der Waals surface area (Å²) in [6, 6.07) is 16.6. The number of furan rings is 1. The highest BCUT2D eigenvalue weighted by Gasteiger charge is 2.09. The van der Waals surface area contributed by atoms with Crippen LogP contribution in [0.1, 0.15) is 16.1 Å². The molecule has 23 heavy (non-hydrogen) atoms. The van der Waals surface area contributed by atoms with Gasteiger partial charge in [-0.05, 0) is 35.0 Å². The van der Waals surface area contributed by atoms with E-state index in [9.17, 15) is 9.59 Å². The fraction of sp³-hybridized carbons (Fsp3) is 0.0526. The molecule has 0 N–H and O–H groups in total. The van der Waals surface area contributed by atoms with Crippen LogP contribution >= 0.6 is 0 Å². The molecule has 1 aromatic heterocycles. The van der Waals surface area contributed by atoms with Crippen LogP contribution in [0.2, 0.25) is 0 Å². The molecule has 4 nitrogen and oxygen atoms in total. The first kappa shape index (κ1) is 14.8. The van der Waals surface area contributed by atoms with Gasteiger partial charge in [-0.1, -0.05) is 36.4 Å². The standard InChI is InChI=1S/C19H14O4/c20-18(13-23-19(21)10-9-17-6-3-11-22-17)16-8-7-14-4-1-2-5-15(14)12-16/h1-12H,13H2/b10-9+. The SMILES string of the molecule is O=C(/C=C/c1ccco1)OCC(=O)c1ccc2ccccc2c1. The van der Waals surface area contributed by atoms with E-state index in [0.29, 0.717) is 11.3 Å². The Kier molecular flexibility index (Phi) is 4.34. The molecule has 0 aliphatic carbocycles. The number of carbonyl (C=O) groups is 2. The Morgan fingerprint density at radius 3 is 2.61 bits per heavy atom. The van der Waals surface area contributed by atoms with Gasteiger partial charge in [0.2, 0.25) is 0 Å². The van der Waals surface area contributed by atoms with Crippen molar-refractivity contribution in [1.82, 2.24) is 0 Å². The zero-order valence-corrected chi connectivity index (χ0v) is 12.3. The molecule has 0 saturated heterocycles. The third kappa shape index (κ3) is 3.74. The molecule has 3 aromatic rings. The minimum Gasteiger partial charge on any atom is -0.465 e. The molecule has 114 valence electrons. The summed E-state index contributed by atoms with van der Waals surface area (Å²) in [6.45, 7) is -0.292. The van der Waals surface area contributed by atoms with Crippen LogP contribution in [0.3, 0.4) is 0 Å². The average Bonchev–Trinajstić information content (AvgIpc) is 3.11. The lowest BCUT2D eigenvalue weighted by Crippen LogP contribution is -2.12. The quantitative estimate of drug-likeness (QED) is 0.408. The Morgan fingerprint density at radius 2 is 1.83 bits per heavy atom. The number of rotatable bonds is 5. The van der Waals surface area contributed by atoms with Crippen molar-refractivity contribution >= 4 is 28.6 Å². The van der Waals surface area contributed by atoms with E-state index in [0.717, 1.165) is 10.8 Å². The molecule has 0 spiro atoms. The summed E-state index contributed by atoms with van der Waals surface area (Å²) >= 11 is 0. The Hall–Kier alpha value is -3.14. The van der Waals surface area contributed by atoms with Gasteiger partial charge in [0.25, 0.3) is 0 Å². The number of carbonyl (C=O) groups excluding carboxylic acids is 2. The summed E-state index contributed by atoms with van der Waals surface area (Å²) < 4.78 is 10.0. The second kappa shape index (κ2) is 6.75. The third-order valence-electron chi connectivity index (χ3n) is 3.34. The summed E-state index contributed by atoms with van der Waals surface area (Å²) in [4.78, 5) is 23.7.